The van der Waals surface area contributed by atoms with Crippen LogP contribution >= 0.6 is 0 Å². The van der Waals surface area contributed by atoms with Crippen LogP contribution in [-0.4, -0.2) is 43.6 Å². The number of likely N-dealkylation sites (tertiary alicyclic amines) is 1. The number of nitrogens with zero attached hydrogens (tertiary/aromatic N) is 5. The van der Waals surface area contributed by atoms with Gasteiger partial charge in [0.05, 0.1) is 11.4 Å². The maximum atomic E-state index is 15.3. The summed E-state index contributed by atoms with van der Waals surface area (Å²) in [6.45, 7) is 3.32. The average molecular weight is 534 g/mol. The number of carbonyl (C=O) groups excluding carboxylic acids is 1. The van der Waals surface area contributed by atoms with Crippen LogP contribution in [0.2, 0.25) is 0 Å². The van der Waals surface area contributed by atoms with Crippen LogP contribution in [0.4, 0.5) is 32.2 Å². The summed E-state index contributed by atoms with van der Waals surface area (Å²) < 4.78 is 89.9. The number of fused-ring (bicyclic) bond motifs is 1. The summed E-state index contributed by atoms with van der Waals surface area (Å²) in [5.74, 6) is -11.8. The van der Waals surface area contributed by atoms with E-state index in [9.17, 15) is 26.7 Å². The van der Waals surface area contributed by atoms with Crippen LogP contribution in [0.25, 0.3) is 22.3 Å². The van der Waals surface area contributed by atoms with E-state index in [-0.39, 0.29) is 47.3 Å². The lowest BCUT2D eigenvalue weighted by molar-refractivity contribution is -0.127. The van der Waals surface area contributed by atoms with Crippen molar-refractivity contribution in [3.05, 3.63) is 72.1 Å². The molecule has 14 heteroatoms. The fourth-order valence-electron chi connectivity index (χ4n) is 4.25. The highest BCUT2D eigenvalue weighted by Crippen LogP contribution is 2.37. The largest absolute Gasteiger partial charge is 0.451 e. The van der Waals surface area contributed by atoms with Crippen LogP contribution in [-0.2, 0) is 4.79 Å². The monoisotopic (exact) mass is 534 g/mol. The zero-order chi connectivity index (χ0) is 27.3. The first-order valence-electron chi connectivity index (χ1n) is 11.0. The Morgan fingerprint density at radius 3 is 2.42 bits per heavy atom. The van der Waals surface area contributed by atoms with Gasteiger partial charge in [0.25, 0.3) is 5.91 Å². The minimum atomic E-state index is -1.79. The summed E-state index contributed by atoms with van der Waals surface area (Å²) >= 11 is 0. The van der Waals surface area contributed by atoms with Gasteiger partial charge >= 0.3 is 0 Å². The zero-order valence-corrected chi connectivity index (χ0v) is 19.2. The van der Waals surface area contributed by atoms with Crippen LogP contribution in [0.15, 0.2) is 43.0 Å². The number of carbonyl (C=O) groups is 1. The van der Waals surface area contributed by atoms with Crippen molar-refractivity contribution in [3.8, 4) is 22.8 Å². The molecule has 1 fully saturated rings. The first kappa shape index (κ1) is 25.0. The lowest BCUT2D eigenvalue weighted by Gasteiger charge is -2.15. The van der Waals surface area contributed by atoms with Gasteiger partial charge in [0.15, 0.2) is 23.1 Å². The molecule has 2 aromatic carbocycles. The van der Waals surface area contributed by atoms with Crippen molar-refractivity contribution in [2.24, 2.45) is 0 Å². The fraction of sp³-hybridized carbons (Fsp3) is 0.167. The summed E-state index contributed by atoms with van der Waals surface area (Å²) in [6, 6.07) is 2.57. The molecule has 1 aliphatic rings. The van der Waals surface area contributed by atoms with Crippen LogP contribution < -0.4 is 10.5 Å². The molecule has 196 valence electrons. The molecule has 0 spiro atoms. The molecule has 2 aromatic heterocycles. The number of benzene rings is 2. The summed E-state index contributed by atoms with van der Waals surface area (Å²) in [5.41, 5.74) is 6.14. The van der Waals surface area contributed by atoms with E-state index in [1.807, 2.05) is 0 Å². The number of amides is 1. The molecule has 1 amide bonds. The number of hydrogen-bond donors (Lipinski definition) is 1. The van der Waals surface area contributed by atoms with Gasteiger partial charge in [0.2, 0.25) is 17.4 Å². The van der Waals surface area contributed by atoms with Crippen LogP contribution in [0.5, 0.6) is 11.5 Å². The van der Waals surface area contributed by atoms with Crippen molar-refractivity contribution in [3.63, 3.8) is 0 Å². The molecule has 0 saturated carbocycles. The van der Waals surface area contributed by atoms with Gasteiger partial charge < -0.3 is 15.4 Å². The maximum Gasteiger partial charge on any atom is 0.282 e. The van der Waals surface area contributed by atoms with E-state index in [1.54, 1.807) is 0 Å². The van der Waals surface area contributed by atoms with E-state index < -0.39 is 58.4 Å². The standard InChI is InChI=1S/C24H16F6N6O2/c1-10(25)24(37)35-5-4-11(8-35)36-23-17(22(31)32-9-33-23)20(34-36)13-3-2-12(6-14(13)26)38-21-18(29)15(27)7-16(28)19(21)30/h2-3,6-7,9,11H,1,4-5,8H2,(H2,31,32,33). The Bertz CT molecular complexity index is 1600. The Hall–Kier alpha value is -4.62. The highest BCUT2D eigenvalue weighted by Gasteiger charge is 2.32. The van der Waals surface area contributed by atoms with Gasteiger partial charge in [-0.05, 0) is 18.6 Å². The number of aromatic nitrogens is 4. The Morgan fingerprint density at radius 2 is 1.76 bits per heavy atom. The van der Waals surface area contributed by atoms with Crippen LogP contribution in [0, 0.1) is 29.1 Å². The van der Waals surface area contributed by atoms with Gasteiger partial charge in [-0.25, -0.2) is 32.2 Å². The fourth-order valence-corrected chi connectivity index (χ4v) is 4.25. The molecule has 0 bridgehead atoms. The normalized spacial score (nSPS) is 15.3. The van der Waals surface area contributed by atoms with Crippen molar-refractivity contribution in [1.29, 1.82) is 0 Å². The number of rotatable bonds is 5. The smallest absolute Gasteiger partial charge is 0.282 e. The number of hydrogen-bond acceptors (Lipinski definition) is 6. The minimum Gasteiger partial charge on any atom is -0.451 e. The Kier molecular flexibility index (Phi) is 6.17. The highest BCUT2D eigenvalue weighted by atomic mass is 19.2. The quantitative estimate of drug-likeness (QED) is 0.224. The predicted molar refractivity (Wildman–Crippen MR) is 122 cm³/mol. The second kappa shape index (κ2) is 9.36. The van der Waals surface area contributed by atoms with Crippen LogP contribution in [0.3, 0.4) is 0 Å². The molecule has 38 heavy (non-hydrogen) atoms. The summed E-state index contributed by atoms with van der Waals surface area (Å²) in [7, 11) is 0. The molecular formula is C24H16F6N6O2. The van der Waals surface area contributed by atoms with Crippen molar-refractivity contribution in [1.82, 2.24) is 24.6 Å². The van der Waals surface area contributed by atoms with Crippen molar-refractivity contribution < 1.29 is 35.9 Å². The SMILES string of the molecule is C=C(F)C(=O)N1CCC(n2nc(-c3ccc(Oc4c(F)c(F)cc(F)c4F)cc3F)c3c(N)ncnc32)C1. The molecule has 3 heterocycles. The molecule has 1 unspecified atom stereocenters. The van der Waals surface area contributed by atoms with Gasteiger partial charge in [0, 0.05) is 30.8 Å². The number of halogens is 6. The van der Waals surface area contributed by atoms with Gasteiger partial charge in [-0.15, -0.1) is 0 Å². The molecule has 8 nitrogen and oxygen atoms in total. The Labute approximate surface area is 210 Å². The minimum absolute atomic E-state index is 0.0102. The molecule has 2 N–H and O–H groups in total. The molecule has 1 saturated heterocycles. The molecule has 4 aromatic rings. The summed E-state index contributed by atoms with van der Waals surface area (Å²) in [4.78, 5) is 21.3. The average Bonchev–Trinajstić information content (AvgIpc) is 3.51. The number of anilines is 1. The van der Waals surface area contributed by atoms with E-state index in [0.29, 0.717) is 6.42 Å². The molecule has 5 rings (SSSR count). The van der Waals surface area contributed by atoms with E-state index in [2.05, 4.69) is 21.6 Å². The summed E-state index contributed by atoms with van der Waals surface area (Å²) in [5, 5.41) is 4.63. The van der Waals surface area contributed by atoms with Gasteiger partial charge in [0.1, 0.15) is 29.4 Å². The van der Waals surface area contributed by atoms with Crippen molar-refractivity contribution in [2.45, 2.75) is 12.5 Å². The summed E-state index contributed by atoms with van der Waals surface area (Å²) in [6.07, 6.45) is 1.56. The third-order valence-corrected chi connectivity index (χ3v) is 6.03. The number of ether oxygens (including phenoxy) is 1. The van der Waals surface area contributed by atoms with Gasteiger partial charge in [-0.2, -0.15) is 13.9 Å². The molecule has 0 aliphatic carbocycles. The molecular weight excluding hydrogens is 518 g/mol. The van der Waals surface area contributed by atoms with Crippen molar-refractivity contribution >= 4 is 22.8 Å². The van der Waals surface area contributed by atoms with Gasteiger partial charge in [-0.1, -0.05) is 6.58 Å². The Balaban J connectivity index is 1.53. The topological polar surface area (TPSA) is 99.2 Å². The first-order valence-corrected chi connectivity index (χ1v) is 11.0. The van der Waals surface area contributed by atoms with E-state index in [0.717, 1.165) is 18.2 Å². The van der Waals surface area contributed by atoms with E-state index >= 15 is 4.39 Å². The second-order valence-electron chi connectivity index (χ2n) is 8.39. The van der Waals surface area contributed by atoms with Crippen molar-refractivity contribution in [2.75, 3.05) is 18.8 Å². The lowest BCUT2D eigenvalue weighted by Crippen LogP contribution is -2.29. The van der Waals surface area contributed by atoms with Gasteiger partial charge in [-0.3, -0.25) is 4.79 Å². The zero-order valence-electron chi connectivity index (χ0n) is 19.2. The first-order chi connectivity index (χ1) is 18.1. The second-order valence-corrected chi connectivity index (χ2v) is 8.39. The Morgan fingerprint density at radius 1 is 1.05 bits per heavy atom. The maximum absolute atomic E-state index is 15.3. The highest BCUT2D eigenvalue weighted by molar-refractivity contribution is 5.98. The number of nitrogens with two attached hydrogens (primary N) is 1. The molecule has 1 aliphatic heterocycles. The van der Waals surface area contributed by atoms with E-state index in [1.165, 1.54) is 15.9 Å². The molecule has 0 radical (unpaired) electrons. The third-order valence-electron chi connectivity index (χ3n) is 6.03. The van der Waals surface area contributed by atoms with Crippen LogP contribution in [0.1, 0.15) is 12.5 Å². The third kappa shape index (κ3) is 4.17. The predicted octanol–water partition coefficient (Wildman–Crippen LogP) is 4.82. The van der Waals surface area contributed by atoms with E-state index in [4.69, 9.17) is 10.5 Å². The lowest BCUT2D eigenvalue weighted by atomic mass is 10.1. The number of nitrogen functional groups attached to an aromatic ring is 1. The molecule has 1 atom stereocenters.